The molecule has 6 heteroatoms. The maximum absolute atomic E-state index is 12.8. The molecular formula is C24H28N4O2. The predicted molar refractivity (Wildman–Crippen MR) is 115 cm³/mol. The second-order valence-corrected chi connectivity index (χ2v) is 8.99. The average molecular weight is 405 g/mol. The van der Waals surface area contributed by atoms with Crippen LogP contribution in [0.25, 0.3) is 0 Å². The fraction of sp³-hybridized carbons (Fsp3) is 0.417. The van der Waals surface area contributed by atoms with Gasteiger partial charge in [0.25, 0.3) is 0 Å². The second kappa shape index (κ2) is 7.04. The summed E-state index contributed by atoms with van der Waals surface area (Å²) in [6.45, 7) is 4.12. The van der Waals surface area contributed by atoms with E-state index in [1.807, 2.05) is 0 Å². The zero-order valence-corrected chi connectivity index (χ0v) is 17.4. The lowest BCUT2D eigenvalue weighted by molar-refractivity contribution is -0.0123. The number of hydrogen-bond donors (Lipinski definition) is 4. The highest BCUT2D eigenvalue weighted by Crippen LogP contribution is 2.50. The van der Waals surface area contributed by atoms with E-state index in [0.29, 0.717) is 0 Å². The van der Waals surface area contributed by atoms with Crippen molar-refractivity contribution < 1.29 is 9.59 Å². The Kier molecular flexibility index (Phi) is 4.45. The Labute approximate surface area is 176 Å². The van der Waals surface area contributed by atoms with Crippen LogP contribution in [0, 0.1) is 25.7 Å². The molecule has 4 N–H and O–H groups in total. The van der Waals surface area contributed by atoms with E-state index in [-0.39, 0.29) is 36.0 Å². The van der Waals surface area contributed by atoms with E-state index in [9.17, 15) is 9.59 Å². The van der Waals surface area contributed by atoms with E-state index in [4.69, 9.17) is 0 Å². The summed E-state index contributed by atoms with van der Waals surface area (Å²) in [5, 5.41) is 12.6. The molecule has 6 nitrogen and oxygen atoms in total. The van der Waals surface area contributed by atoms with Crippen LogP contribution < -0.4 is 21.3 Å². The largest absolute Gasteiger partial charge is 0.331 e. The zero-order chi connectivity index (χ0) is 20.9. The van der Waals surface area contributed by atoms with Crippen molar-refractivity contribution in [2.45, 2.75) is 50.9 Å². The molecule has 2 aromatic carbocycles. The molecular weight excluding hydrogens is 376 g/mol. The molecule has 156 valence electrons. The van der Waals surface area contributed by atoms with Crippen LogP contribution >= 0.6 is 0 Å². The molecule has 2 aromatic rings. The van der Waals surface area contributed by atoms with E-state index in [0.717, 1.165) is 30.4 Å². The third-order valence-corrected chi connectivity index (χ3v) is 7.09. The molecule has 30 heavy (non-hydrogen) atoms. The van der Waals surface area contributed by atoms with Gasteiger partial charge in [0, 0.05) is 11.8 Å². The normalized spacial score (nSPS) is 32.6. The Morgan fingerprint density at radius 2 is 1.10 bits per heavy atom. The molecule has 1 aliphatic carbocycles. The van der Waals surface area contributed by atoms with Crippen molar-refractivity contribution in [3.05, 3.63) is 70.8 Å². The highest BCUT2D eigenvalue weighted by atomic mass is 16.2. The molecule has 2 heterocycles. The Morgan fingerprint density at radius 1 is 0.700 bits per heavy atom. The van der Waals surface area contributed by atoms with E-state index in [1.54, 1.807) is 0 Å². The highest BCUT2D eigenvalue weighted by molar-refractivity contribution is 5.81. The van der Waals surface area contributed by atoms with Crippen LogP contribution in [0.2, 0.25) is 0 Å². The monoisotopic (exact) mass is 404 g/mol. The van der Waals surface area contributed by atoms with Gasteiger partial charge in [0.2, 0.25) is 0 Å². The number of urea groups is 2. The third-order valence-electron chi connectivity index (χ3n) is 7.09. The summed E-state index contributed by atoms with van der Waals surface area (Å²) < 4.78 is 0. The summed E-state index contributed by atoms with van der Waals surface area (Å²) in [4.78, 5) is 25.6. The fourth-order valence-electron chi connectivity index (χ4n) is 5.66. The summed E-state index contributed by atoms with van der Waals surface area (Å²) in [5.41, 5.74) is 3.77. The zero-order valence-electron chi connectivity index (χ0n) is 17.4. The molecule has 0 aromatic heterocycles. The molecule has 5 rings (SSSR count). The topological polar surface area (TPSA) is 82.3 Å². The van der Waals surface area contributed by atoms with Crippen molar-refractivity contribution >= 4 is 12.1 Å². The third kappa shape index (κ3) is 3.02. The number of aryl methyl sites for hydroxylation is 2. The van der Waals surface area contributed by atoms with Crippen LogP contribution in [0.5, 0.6) is 0 Å². The van der Waals surface area contributed by atoms with Crippen molar-refractivity contribution in [2.24, 2.45) is 11.8 Å². The van der Waals surface area contributed by atoms with Crippen LogP contribution in [0.1, 0.15) is 53.6 Å². The van der Waals surface area contributed by atoms with Crippen LogP contribution in [0.15, 0.2) is 48.5 Å². The summed E-state index contributed by atoms with van der Waals surface area (Å²) >= 11 is 0. The predicted octanol–water partition coefficient (Wildman–Crippen LogP) is 3.82. The minimum Gasteiger partial charge on any atom is -0.331 e. The van der Waals surface area contributed by atoms with E-state index >= 15 is 0 Å². The van der Waals surface area contributed by atoms with Gasteiger partial charge in [-0.3, -0.25) is 0 Å². The minimum absolute atomic E-state index is 0.0654. The first-order valence-electron chi connectivity index (χ1n) is 10.8. The lowest BCUT2D eigenvalue weighted by atomic mass is 9.62. The van der Waals surface area contributed by atoms with Gasteiger partial charge in [-0.25, -0.2) is 9.59 Å². The van der Waals surface area contributed by atoms with Crippen LogP contribution in [-0.4, -0.2) is 17.7 Å². The molecule has 4 atom stereocenters. The molecule has 3 fully saturated rings. The number of rotatable bonds is 2. The Balaban J connectivity index is 1.57. The van der Waals surface area contributed by atoms with Gasteiger partial charge in [-0.05, 0) is 37.8 Å². The molecule has 4 amide bonds. The van der Waals surface area contributed by atoms with Gasteiger partial charge in [0.1, 0.15) is 5.66 Å². The van der Waals surface area contributed by atoms with Gasteiger partial charge in [-0.2, -0.15) is 0 Å². The molecule has 0 bridgehead atoms. The fourth-order valence-corrected chi connectivity index (χ4v) is 5.66. The van der Waals surface area contributed by atoms with E-state index < -0.39 is 5.66 Å². The van der Waals surface area contributed by atoms with Crippen molar-refractivity contribution in [3.8, 4) is 0 Å². The maximum atomic E-state index is 12.8. The van der Waals surface area contributed by atoms with Crippen molar-refractivity contribution in [3.63, 3.8) is 0 Å². The van der Waals surface area contributed by atoms with Crippen LogP contribution in [0.3, 0.4) is 0 Å². The molecule has 1 saturated carbocycles. The van der Waals surface area contributed by atoms with Gasteiger partial charge in [0.05, 0.1) is 12.1 Å². The molecule has 0 radical (unpaired) electrons. The minimum atomic E-state index is -0.770. The SMILES string of the molecule is Cc1ccc(C2NC(=O)NC34NC(=O)NC(c5ccc(C)cc5)C3CCCC24)cc1. The molecule has 2 saturated heterocycles. The summed E-state index contributed by atoms with van der Waals surface area (Å²) in [5.74, 6) is 0.131. The van der Waals surface area contributed by atoms with Crippen molar-refractivity contribution in [2.75, 3.05) is 0 Å². The molecule has 2 aliphatic heterocycles. The van der Waals surface area contributed by atoms with Gasteiger partial charge in [-0.1, -0.05) is 66.1 Å². The first-order chi connectivity index (χ1) is 14.5. The highest BCUT2D eigenvalue weighted by Gasteiger charge is 2.60. The van der Waals surface area contributed by atoms with Crippen molar-refractivity contribution in [1.82, 2.24) is 21.3 Å². The average Bonchev–Trinajstić information content (AvgIpc) is 2.72. The van der Waals surface area contributed by atoms with Crippen molar-refractivity contribution in [1.29, 1.82) is 0 Å². The lowest BCUT2D eigenvalue weighted by Gasteiger charge is -2.59. The lowest BCUT2D eigenvalue weighted by Crippen LogP contribution is -2.80. The first kappa shape index (κ1) is 19.0. The van der Waals surface area contributed by atoms with E-state index in [1.165, 1.54) is 11.1 Å². The van der Waals surface area contributed by atoms with E-state index in [2.05, 4.69) is 83.6 Å². The standard InChI is InChI=1S/C24H28N4O2/c1-14-6-10-16(11-7-14)20-18-4-3-5-19-21(17-12-8-15(2)9-13-17)26-23(30)28-24(18,19)27-22(29)25-20/h6-13,18-21H,3-5H2,1-2H3,(H2,25,27,29)(H2,26,28,30). The van der Waals surface area contributed by atoms with Gasteiger partial charge in [-0.15, -0.1) is 0 Å². The molecule has 1 spiro atoms. The number of hydrogen-bond acceptors (Lipinski definition) is 2. The van der Waals surface area contributed by atoms with Crippen LogP contribution in [-0.2, 0) is 0 Å². The van der Waals surface area contributed by atoms with Gasteiger partial charge >= 0.3 is 12.1 Å². The Hall–Kier alpha value is -3.02. The maximum Gasteiger partial charge on any atom is 0.317 e. The molecule has 4 unspecified atom stereocenters. The second-order valence-electron chi connectivity index (χ2n) is 8.99. The summed E-state index contributed by atoms with van der Waals surface area (Å²) in [6, 6.07) is 15.9. The Bertz CT molecular complexity index is 890. The van der Waals surface area contributed by atoms with Gasteiger partial charge < -0.3 is 21.3 Å². The number of carbonyl (C=O) groups is 2. The number of amides is 4. The quantitative estimate of drug-likeness (QED) is 0.614. The number of carbonyl (C=O) groups excluding carboxylic acids is 2. The summed E-state index contributed by atoms with van der Waals surface area (Å²) in [7, 11) is 0. The number of nitrogens with one attached hydrogen (secondary N) is 4. The van der Waals surface area contributed by atoms with Gasteiger partial charge in [0.15, 0.2) is 0 Å². The molecule has 3 aliphatic rings. The van der Waals surface area contributed by atoms with Crippen LogP contribution in [0.4, 0.5) is 9.59 Å². The summed E-state index contributed by atoms with van der Waals surface area (Å²) in [6.07, 6.45) is 2.92. The smallest absolute Gasteiger partial charge is 0.317 e. The number of benzene rings is 2. The first-order valence-corrected chi connectivity index (χ1v) is 10.8. The Morgan fingerprint density at radius 3 is 1.50 bits per heavy atom.